The minimum absolute atomic E-state index is 0.0394. The lowest BCUT2D eigenvalue weighted by Gasteiger charge is -2.36. The molecular weight excluding hydrogens is 350 g/mol. The van der Waals surface area contributed by atoms with E-state index in [2.05, 4.69) is 14.9 Å². The van der Waals surface area contributed by atoms with Gasteiger partial charge in [0.1, 0.15) is 23.4 Å². The number of aryl methyl sites for hydroxylation is 1. The molecule has 0 aromatic carbocycles. The Kier molecular flexibility index (Phi) is 5.20. The van der Waals surface area contributed by atoms with Gasteiger partial charge in [0, 0.05) is 38.9 Å². The second-order valence-corrected chi connectivity index (χ2v) is 7.54. The maximum atomic E-state index is 12.2. The van der Waals surface area contributed by atoms with Crippen molar-refractivity contribution >= 4 is 28.9 Å². The Labute approximate surface area is 157 Å². The monoisotopic (exact) mass is 375 g/mol. The predicted octanol–water partition coefficient (Wildman–Crippen LogP) is 1.96. The number of hydrogen-bond donors (Lipinski definition) is 1. The fourth-order valence-electron chi connectivity index (χ4n) is 3.07. The zero-order valence-electron chi connectivity index (χ0n) is 15.9. The normalized spacial score (nSPS) is 15.2. The highest BCUT2D eigenvalue weighted by Crippen LogP contribution is 2.25. The summed E-state index contributed by atoms with van der Waals surface area (Å²) in [5.41, 5.74) is 0.210. The molecule has 2 aromatic rings. The van der Waals surface area contributed by atoms with Gasteiger partial charge in [-0.25, -0.2) is 14.8 Å². The summed E-state index contributed by atoms with van der Waals surface area (Å²) in [6.45, 7) is 8.33. The van der Waals surface area contributed by atoms with Crippen molar-refractivity contribution in [1.82, 2.24) is 19.4 Å². The molecule has 9 nitrogen and oxygen atoms in total. The second-order valence-electron chi connectivity index (χ2n) is 7.54. The molecule has 0 radical (unpaired) electrons. The Morgan fingerprint density at radius 2 is 1.89 bits per heavy atom. The van der Waals surface area contributed by atoms with Crippen LogP contribution in [0.25, 0.3) is 11.0 Å². The third kappa shape index (κ3) is 4.47. The van der Waals surface area contributed by atoms with Crippen LogP contribution in [0.3, 0.4) is 0 Å². The second kappa shape index (κ2) is 7.42. The van der Waals surface area contributed by atoms with Gasteiger partial charge in [0.15, 0.2) is 0 Å². The lowest BCUT2D eigenvalue weighted by molar-refractivity contribution is -0.137. The number of carbonyl (C=O) groups is 2. The summed E-state index contributed by atoms with van der Waals surface area (Å²) in [6, 6.07) is 1.91. The van der Waals surface area contributed by atoms with Crippen molar-refractivity contribution in [1.29, 1.82) is 0 Å². The number of carbonyl (C=O) groups excluding carboxylic acids is 1. The van der Waals surface area contributed by atoms with Crippen LogP contribution in [-0.2, 0) is 16.1 Å². The average Bonchev–Trinajstić information content (AvgIpc) is 3.02. The van der Waals surface area contributed by atoms with Crippen LogP contribution in [0.1, 0.15) is 27.2 Å². The van der Waals surface area contributed by atoms with Crippen LogP contribution in [0.4, 0.5) is 10.6 Å². The highest BCUT2D eigenvalue weighted by molar-refractivity contribution is 5.88. The number of piperazine rings is 1. The highest BCUT2D eigenvalue weighted by Gasteiger charge is 2.27. The molecule has 0 spiro atoms. The van der Waals surface area contributed by atoms with Gasteiger partial charge in [-0.05, 0) is 26.8 Å². The molecule has 1 aliphatic rings. The van der Waals surface area contributed by atoms with Crippen molar-refractivity contribution in [2.45, 2.75) is 39.3 Å². The number of aliphatic carboxylic acids is 1. The SMILES string of the molecule is CC(C)(C)OC(=O)N1CCN(c2ncnc3c2ccn3CCC(=O)O)CC1. The van der Waals surface area contributed by atoms with E-state index in [4.69, 9.17) is 9.84 Å². The Bertz CT molecular complexity index is 834. The van der Waals surface area contributed by atoms with E-state index >= 15 is 0 Å². The summed E-state index contributed by atoms with van der Waals surface area (Å²) in [5.74, 6) is -0.0395. The fourth-order valence-corrected chi connectivity index (χ4v) is 3.07. The van der Waals surface area contributed by atoms with Crippen LogP contribution >= 0.6 is 0 Å². The lowest BCUT2D eigenvalue weighted by atomic mass is 10.2. The molecule has 0 bridgehead atoms. The average molecular weight is 375 g/mol. The molecular formula is C18H25N5O4. The number of hydrogen-bond acceptors (Lipinski definition) is 6. The van der Waals surface area contributed by atoms with Crippen molar-refractivity contribution in [3.05, 3.63) is 18.6 Å². The van der Waals surface area contributed by atoms with E-state index < -0.39 is 11.6 Å². The van der Waals surface area contributed by atoms with Gasteiger partial charge in [0.2, 0.25) is 0 Å². The zero-order valence-corrected chi connectivity index (χ0v) is 15.9. The number of rotatable bonds is 4. The standard InChI is InChI=1S/C18H25N5O4/c1-18(2,3)27-17(26)23-10-8-22(9-11-23)16-13-4-6-21(7-5-14(24)25)15(13)19-12-20-16/h4,6,12H,5,7-11H2,1-3H3,(H,24,25). The number of fused-ring (bicyclic) bond motifs is 1. The van der Waals surface area contributed by atoms with Crippen molar-refractivity contribution in [2.75, 3.05) is 31.1 Å². The third-order valence-electron chi connectivity index (χ3n) is 4.33. The number of carboxylic acids is 1. The molecule has 1 N–H and O–H groups in total. The Balaban J connectivity index is 1.70. The van der Waals surface area contributed by atoms with Gasteiger partial charge in [-0.3, -0.25) is 4.79 Å². The van der Waals surface area contributed by atoms with Gasteiger partial charge in [-0.15, -0.1) is 0 Å². The molecule has 2 aromatic heterocycles. The maximum Gasteiger partial charge on any atom is 0.410 e. The smallest absolute Gasteiger partial charge is 0.410 e. The summed E-state index contributed by atoms with van der Waals surface area (Å²) in [7, 11) is 0. The molecule has 9 heteroatoms. The minimum Gasteiger partial charge on any atom is -0.481 e. The first-order valence-electron chi connectivity index (χ1n) is 8.99. The van der Waals surface area contributed by atoms with E-state index in [1.807, 2.05) is 37.6 Å². The first-order valence-corrected chi connectivity index (χ1v) is 8.99. The summed E-state index contributed by atoms with van der Waals surface area (Å²) < 4.78 is 7.25. The number of anilines is 1. The molecule has 1 fully saturated rings. The number of amides is 1. The first-order chi connectivity index (χ1) is 12.7. The summed E-state index contributed by atoms with van der Waals surface area (Å²) in [4.78, 5) is 35.6. The fraction of sp³-hybridized carbons (Fsp3) is 0.556. The van der Waals surface area contributed by atoms with Crippen LogP contribution in [0.2, 0.25) is 0 Å². The van der Waals surface area contributed by atoms with Gasteiger partial charge >= 0.3 is 12.1 Å². The highest BCUT2D eigenvalue weighted by atomic mass is 16.6. The predicted molar refractivity (Wildman–Crippen MR) is 99.8 cm³/mol. The molecule has 3 rings (SSSR count). The van der Waals surface area contributed by atoms with Crippen LogP contribution in [-0.4, -0.2) is 68.4 Å². The molecule has 1 saturated heterocycles. The summed E-state index contributed by atoms with van der Waals surface area (Å²) in [5, 5.41) is 9.77. The van der Waals surface area contributed by atoms with Crippen molar-refractivity contribution in [3.8, 4) is 0 Å². The molecule has 3 heterocycles. The van der Waals surface area contributed by atoms with E-state index in [0.29, 0.717) is 32.7 Å². The van der Waals surface area contributed by atoms with Crippen molar-refractivity contribution < 1.29 is 19.4 Å². The minimum atomic E-state index is -0.843. The van der Waals surface area contributed by atoms with Gasteiger partial charge < -0.3 is 24.2 Å². The number of ether oxygens (including phenoxy) is 1. The van der Waals surface area contributed by atoms with Gasteiger partial charge in [-0.1, -0.05) is 0 Å². The Morgan fingerprint density at radius 3 is 2.52 bits per heavy atom. The summed E-state index contributed by atoms with van der Waals surface area (Å²) in [6.07, 6.45) is 3.07. The van der Waals surface area contributed by atoms with Crippen molar-refractivity contribution in [3.63, 3.8) is 0 Å². The van der Waals surface area contributed by atoms with E-state index in [-0.39, 0.29) is 12.5 Å². The number of carboxylic acid groups (broad SMARTS) is 1. The Hall–Kier alpha value is -2.84. The van der Waals surface area contributed by atoms with Crippen LogP contribution < -0.4 is 4.90 Å². The lowest BCUT2D eigenvalue weighted by Crippen LogP contribution is -2.50. The molecule has 0 unspecified atom stereocenters. The van der Waals surface area contributed by atoms with E-state index in [1.165, 1.54) is 6.33 Å². The zero-order chi connectivity index (χ0) is 19.6. The van der Waals surface area contributed by atoms with Gasteiger partial charge in [-0.2, -0.15) is 0 Å². The maximum absolute atomic E-state index is 12.2. The van der Waals surface area contributed by atoms with E-state index in [9.17, 15) is 9.59 Å². The van der Waals surface area contributed by atoms with Crippen molar-refractivity contribution in [2.24, 2.45) is 0 Å². The van der Waals surface area contributed by atoms with E-state index in [1.54, 1.807) is 4.90 Å². The molecule has 0 atom stereocenters. The Morgan fingerprint density at radius 1 is 1.19 bits per heavy atom. The van der Waals surface area contributed by atoms with Crippen LogP contribution in [0.15, 0.2) is 18.6 Å². The molecule has 27 heavy (non-hydrogen) atoms. The number of aromatic nitrogens is 3. The van der Waals surface area contributed by atoms with E-state index in [0.717, 1.165) is 16.9 Å². The van der Waals surface area contributed by atoms with Crippen LogP contribution in [0, 0.1) is 0 Å². The van der Waals surface area contributed by atoms with Gasteiger partial charge in [0.05, 0.1) is 11.8 Å². The molecule has 1 amide bonds. The molecule has 0 saturated carbocycles. The summed E-state index contributed by atoms with van der Waals surface area (Å²) >= 11 is 0. The molecule has 1 aliphatic heterocycles. The number of nitrogens with zero attached hydrogens (tertiary/aromatic N) is 5. The first kappa shape index (κ1) is 18.9. The quantitative estimate of drug-likeness (QED) is 0.872. The van der Waals surface area contributed by atoms with Gasteiger partial charge in [0.25, 0.3) is 0 Å². The third-order valence-corrected chi connectivity index (χ3v) is 4.33. The molecule has 146 valence electrons. The van der Waals surface area contributed by atoms with Crippen LogP contribution in [0.5, 0.6) is 0 Å². The largest absolute Gasteiger partial charge is 0.481 e. The molecule has 0 aliphatic carbocycles. The topological polar surface area (TPSA) is 101 Å².